The SMILES string of the molecule is CCOc1cc2c(cc1OCC)[C@H](c1cc(OC)c(O)cc1Cl)NCC2. The molecule has 140 valence electrons. The smallest absolute Gasteiger partial charge is 0.161 e. The maximum absolute atomic E-state index is 9.95. The normalized spacial score (nSPS) is 16.1. The summed E-state index contributed by atoms with van der Waals surface area (Å²) in [5, 5.41) is 13.9. The molecule has 0 aliphatic carbocycles. The van der Waals surface area contributed by atoms with E-state index < -0.39 is 0 Å². The van der Waals surface area contributed by atoms with Gasteiger partial charge in [0, 0.05) is 17.6 Å². The number of phenolic OH excluding ortho intramolecular Hbond substituents is 1. The van der Waals surface area contributed by atoms with Crippen molar-refractivity contribution < 1.29 is 19.3 Å². The van der Waals surface area contributed by atoms with Gasteiger partial charge in [-0.2, -0.15) is 0 Å². The lowest BCUT2D eigenvalue weighted by atomic mass is 9.89. The van der Waals surface area contributed by atoms with E-state index in [1.165, 1.54) is 18.7 Å². The first-order valence-corrected chi connectivity index (χ1v) is 9.19. The van der Waals surface area contributed by atoms with Crippen molar-refractivity contribution >= 4 is 11.6 Å². The molecule has 2 aromatic carbocycles. The zero-order valence-electron chi connectivity index (χ0n) is 15.3. The fourth-order valence-electron chi connectivity index (χ4n) is 3.32. The molecule has 0 fully saturated rings. The Morgan fingerprint density at radius 3 is 2.35 bits per heavy atom. The Balaban J connectivity index is 2.10. The molecule has 3 rings (SSSR count). The van der Waals surface area contributed by atoms with Gasteiger partial charge in [-0.05, 0) is 55.2 Å². The molecule has 0 saturated heterocycles. The molecule has 0 bridgehead atoms. The minimum absolute atomic E-state index is 0.0268. The average molecular weight is 378 g/mol. The van der Waals surface area contributed by atoms with Gasteiger partial charge in [0.1, 0.15) is 0 Å². The van der Waals surface area contributed by atoms with Gasteiger partial charge in [-0.15, -0.1) is 0 Å². The van der Waals surface area contributed by atoms with Crippen LogP contribution in [0.5, 0.6) is 23.0 Å². The third-order valence-electron chi connectivity index (χ3n) is 4.47. The van der Waals surface area contributed by atoms with Gasteiger partial charge in [-0.3, -0.25) is 0 Å². The number of halogens is 1. The fourth-order valence-corrected chi connectivity index (χ4v) is 3.59. The van der Waals surface area contributed by atoms with Crippen LogP contribution < -0.4 is 19.5 Å². The van der Waals surface area contributed by atoms with E-state index in [1.807, 2.05) is 19.9 Å². The van der Waals surface area contributed by atoms with Gasteiger partial charge in [0.05, 0.1) is 26.4 Å². The van der Waals surface area contributed by atoms with Crippen molar-refractivity contribution in [2.75, 3.05) is 26.9 Å². The largest absolute Gasteiger partial charge is 0.504 e. The van der Waals surface area contributed by atoms with E-state index in [2.05, 4.69) is 11.4 Å². The van der Waals surface area contributed by atoms with Crippen LogP contribution in [0.4, 0.5) is 0 Å². The summed E-state index contributed by atoms with van der Waals surface area (Å²) >= 11 is 6.43. The molecule has 1 heterocycles. The molecule has 1 aliphatic heterocycles. The lowest BCUT2D eigenvalue weighted by molar-refractivity contribution is 0.286. The van der Waals surface area contributed by atoms with Crippen LogP contribution in [0.2, 0.25) is 5.02 Å². The minimum Gasteiger partial charge on any atom is -0.504 e. The van der Waals surface area contributed by atoms with Gasteiger partial charge in [0.25, 0.3) is 0 Å². The van der Waals surface area contributed by atoms with Crippen molar-refractivity contribution in [3.05, 3.63) is 46.0 Å². The van der Waals surface area contributed by atoms with E-state index in [0.29, 0.717) is 24.0 Å². The molecule has 26 heavy (non-hydrogen) atoms. The number of benzene rings is 2. The molecule has 2 N–H and O–H groups in total. The van der Waals surface area contributed by atoms with Gasteiger partial charge in [-0.1, -0.05) is 11.6 Å². The number of aromatic hydroxyl groups is 1. The minimum atomic E-state index is -0.115. The Kier molecular flexibility index (Phi) is 5.79. The molecule has 2 aromatic rings. The van der Waals surface area contributed by atoms with Crippen molar-refractivity contribution in [3.63, 3.8) is 0 Å². The second-order valence-electron chi connectivity index (χ2n) is 6.05. The Labute approximate surface area is 158 Å². The van der Waals surface area contributed by atoms with Crippen molar-refractivity contribution in [2.24, 2.45) is 0 Å². The first-order chi connectivity index (χ1) is 12.6. The second kappa shape index (κ2) is 8.06. The van der Waals surface area contributed by atoms with Gasteiger partial charge < -0.3 is 24.6 Å². The molecule has 0 amide bonds. The quantitative estimate of drug-likeness (QED) is 0.794. The number of hydrogen-bond donors (Lipinski definition) is 2. The van der Waals surface area contributed by atoms with Crippen molar-refractivity contribution in [2.45, 2.75) is 26.3 Å². The highest BCUT2D eigenvalue weighted by molar-refractivity contribution is 6.31. The predicted octanol–water partition coefficient (Wildman–Crippen LogP) is 4.09. The third-order valence-corrected chi connectivity index (χ3v) is 4.80. The van der Waals surface area contributed by atoms with Crippen LogP contribution in [0.25, 0.3) is 0 Å². The molecule has 0 spiro atoms. The molecule has 0 saturated carbocycles. The summed E-state index contributed by atoms with van der Waals surface area (Å²) in [5.41, 5.74) is 3.15. The Morgan fingerprint density at radius 1 is 1.04 bits per heavy atom. The first kappa shape index (κ1) is 18.7. The summed E-state index contributed by atoms with van der Waals surface area (Å²) in [6.07, 6.45) is 0.894. The summed E-state index contributed by atoms with van der Waals surface area (Å²) in [5.74, 6) is 1.92. The topological polar surface area (TPSA) is 60.0 Å². The maximum atomic E-state index is 9.95. The van der Waals surface area contributed by atoms with Crippen LogP contribution in [0.3, 0.4) is 0 Å². The standard InChI is InChI=1S/C20H24ClNO4/c1-4-25-18-8-12-6-7-22-20(13(12)9-19(18)26-5-2)14-10-17(24-3)16(23)11-15(14)21/h8-11,20,22-23H,4-7H2,1-3H3/t20-/m1/s1. The van der Waals surface area contributed by atoms with Crippen LogP contribution in [0.1, 0.15) is 36.6 Å². The number of ether oxygens (including phenoxy) is 3. The highest BCUT2D eigenvalue weighted by atomic mass is 35.5. The second-order valence-corrected chi connectivity index (χ2v) is 6.45. The van der Waals surface area contributed by atoms with E-state index in [9.17, 15) is 5.11 Å². The van der Waals surface area contributed by atoms with Crippen LogP contribution >= 0.6 is 11.6 Å². The van der Waals surface area contributed by atoms with Gasteiger partial charge in [-0.25, -0.2) is 0 Å². The van der Waals surface area contributed by atoms with Crippen LogP contribution in [-0.4, -0.2) is 32.0 Å². The number of rotatable bonds is 6. The fraction of sp³-hybridized carbons (Fsp3) is 0.400. The predicted molar refractivity (Wildman–Crippen MR) is 102 cm³/mol. The van der Waals surface area contributed by atoms with Gasteiger partial charge in [0.2, 0.25) is 0 Å². The van der Waals surface area contributed by atoms with E-state index in [1.54, 1.807) is 6.07 Å². The Hall–Kier alpha value is -2.11. The van der Waals surface area contributed by atoms with Crippen LogP contribution in [0.15, 0.2) is 24.3 Å². The monoisotopic (exact) mass is 377 g/mol. The molecular weight excluding hydrogens is 354 g/mol. The van der Waals surface area contributed by atoms with E-state index in [4.69, 9.17) is 25.8 Å². The van der Waals surface area contributed by atoms with Crippen molar-refractivity contribution in [1.29, 1.82) is 0 Å². The van der Waals surface area contributed by atoms with Gasteiger partial charge in [0.15, 0.2) is 23.0 Å². The third kappa shape index (κ3) is 3.55. The lowest BCUT2D eigenvalue weighted by Crippen LogP contribution is -2.31. The number of nitrogens with one attached hydrogen (secondary N) is 1. The summed E-state index contributed by atoms with van der Waals surface area (Å²) in [6.45, 7) is 5.87. The van der Waals surface area contributed by atoms with E-state index in [-0.39, 0.29) is 11.8 Å². The number of fused-ring (bicyclic) bond motifs is 1. The molecule has 5 nitrogen and oxygen atoms in total. The lowest BCUT2D eigenvalue weighted by Gasteiger charge is -2.29. The van der Waals surface area contributed by atoms with E-state index >= 15 is 0 Å². The highest BCUT2D eigenvalue weighted by Gasteiger charge is 2.26. The number of methoxy groups -OCH3 is 1. The average Bonchev–Trinajstić information content (AvgIpc) is 2.62. The molecule has 0 aromatic heterocycles. The summed E-state index contributed by atoms with van der Waals surface area (Å²) < 4.78 is 16.8. The van der Waals surface area contributed by atoms with Crippen molar-refractivity contribution in [1.82, 2.24) is 5.32 Å². The maximum Gasteiger partial charge on any atom is 0.161 e. The summed E-state index contributed by atoms with van der Waals surface area (Å²) in [7, 11) is 1.52. The number of hydrogen-bond acceptors (Lipinski definition) is 5. The first-order valence-electron chi connectivity index (χ1n) is 8.81. The van der Waals surface area contributed by atoms with Gasteiger partial charge >= 0.3 is 0 Å². The zero-order valence-corrected chi connectivity index (χ0v) is 16.0. The highest BCUT2D eigenvalue weighted by Crippen LogP contribution is 2.42. The molecule has 0 radical (unpaired) electrons. The van der Waals surface area contributed by atoms with Crippen molar-refractivity contribution in [3.8, 4) is 23.0 Å². The molecule has 1 atom stereocenters. The number of phenols is 1. The summed E-state index contributed by atoms with van der Waals surface area (Å²) in [6, 6.07) is 7.26. The zero-order chi connectivity index (χ0) is 18.7. The molecule has 6 heteroatoms. The van der Waals surface area contributed by atoms with Crippen LogP contribution in [-0.2, 0) is 6.42 Å². The molecule has 0 unspecified atom stereocenters. The summed E-state index contributed by atoms with van der Waals surface area (Å²) in [4.78, 5) is 0. The Bertz CT molecular complexity index is 794. The van der Waals surface area contributed by atoms with Crippen LogP contribution in [0, 0.1) is 0 Å². The Morgan fingerprint density at radius 2 is 1.69 bits per heavy atom. The molecule has 1 aliphatic rings. The molecular formula is C20H24ClNO4. The van der Waals surface area contributed by atoms with E-state index in [0.717, 1.165) is 35.6 Å².